The number of H-pyrrole nitrogens is 1. The van der Waals surface area contributed by atoms with Crippen molar-refractivity contribution in [1.82, 2.24) is 4.98 Å². The van der Waals surface area contributed by atoms with E-state index in [9.17, 15) is 0 Å². The summed E-state index contributed by atoms with van der Waals surface area (Å²) in [6.45, 7) is 4.20. The predicted molar refractivity (Wildman–Crippen MR) is 49.1 cm³/mol. The molecule has 0 aliphatic rings. The molecule has 0 radical (unpaired) electrons. The Kier molecular flexibility index (Phi) is 2.76. The number of ether oxygens (including phenoxy) is 1. The van der Waals surface area contributed by atoms with Crippen molar-refractivity contribution in [2.24, 2.45) is 11.7 Å². The van der Waals surface area contributed by atoms with Crippen LogP contribution in [0.2, 0.25) is 0 Å². The van der Waals surface area contributed by atoms with Crippen molar-refractivity contribution in [3.05, 3.63) is 17.8 Å². The molecule has 0 aromatic carbocycles. The third-order valence-corrected chi connectivity index (χ3v) is 2.00. The number of aromatic amines is 1. The van der Waals surface area contributed by atoms with Gasteiger partial charge in [0.2, 0.25) is 0 Å². The number of nitrogens with one attached hydrogen (secondary N) is 1. The van der Waals surface area contributed by atoms with Crippen molar-refractivity contribution < 1.29 is 4.74 Å². The van der Waals surface area contributed by atoms with Gasteiger partial charge in [0.1, 0.15) is 0 Å². The molecule has 1 aromatic heterocycles. The number of hydrogen-bond donors (Lipinski definition) is 2. The van der Waals surface area contributed by atoms with E-state index in [0.29, 0.717) is 5.92 Å². The van der Waals surface area contributed by atoms with Crippen LogP contribution < -0.4 is 10.5 Å². The zero-order valence-corrected chi connectivity index (χ0v) is 7.79. The standard InChI is InChI=1S/C9H16N2O/c1-6(2)9(10)7-4-8(12-3)11-5-7/h4-6,9,11H,10H2,1-3H3. The van der Waals surface area contributed by atoms with Gasteiger partial charge in [-0.3, -0.25) is 0 Å². The number of rotatable bonds is 3. The molecule has 0 spiro atoms. The highest BCUT2D eigenvalue weighted by atomic mass is 16.5. The largest absolute Gasteiger partial charge is 0.482 e. The number of nitrogens with two attached hydrogens (primary N) is 1. The summed E-state index contributed by atoms with van der Waals surface area (Å²) in [5.74, 6) is 1.21. The highest BCUT2D eigenvalue weighted by molar-refractivity contribution is 5.24. The molecule has 0 aliphatic heterocycles. The van der Waals surface area contributed by atoms with Gasteiger partial charge in [0.05, 0.1) is 7.11 Å². The number of hydrogen-bond acceptors (Lipinski definition) is 2. The molecule has 0 aliphatic carbocycles. The first-order valence-corrected chi connectivity index (χ1v) is 4.13. The summed E-state index contributed by atoms with van der Waals surface area (Å²) in [6, 6.07) is 2.02. The lowest BCUT2D eigenvalue weighted by Crippen LogP contribution is -2.15. The van der Waals surface area contributed by atoms with Crippen LogP contribution in [0.1, 0.15) is 25.5 Å². The van der Waals surface area contributed by atoms with Gasteiger partial charge in [0.15, 0.2) is 5.88 Å². The third kappa shape index (κ3) is 1.80. The van der Waals surface area contributed by atoms with E-state index in [1.807, 2.05) is 12.3 Å². The number of aromatic nitrogens is 1. The van der Waals surface area contributed by atoms with Crippen LogP contribution in [-0.2, 0) is 0 Å². The third-order valence-electron chi connectivity index (χ3n) is 2.00. The van der Waals surface area contributed by atoms with Crippen LogP contribution in [0, 0.1) is 5.92 Å². The molecule has 0 saturated carbocycles. The van der Waals surface area contributed by atoms with Crippen LogP contribution >= 0.6 is 0 Å². The second kappa shape index (κ2) is 3.63. The maximum Gasteiger partial charge on any atom is 0.190 e. The van der Waals surface area contributed by atoms with Crippen LogP contribution in [0.5, 0.6) is 5.88 Å². The lowest BCUT2D eigenvalue weighted by molar-refractivity contribution is 0.400. The summed E-state index contributed by atoms with van der Waals surface area (Å²) in [4.78, 5) is 2.99. The van der Waals surface area contributed by atoms with Gasteiger partial charge >= 0.3 is 0 Å². The Bertz CT molecular complexity index is 242. The second-order valence-corrected chi connectivity index (χ2v) is 3.27. The van der Waals surface area contributed by atoms with Gasteiger partial charge in [-0.15, -0.1) is 0 Å². The van der Waals surface area contributed by atoms with Gasteiger partial charge in [-0.1, -0.05) is 13.8 Å². The minimum absolute atomic E-state index is 0.0881. The first kappa shape index (κ1) is 9.13. The Morgan fingerprint density at radius 1 is 1.50 bits per heavy atom. The zero-order chi connectivity index (χ0) is 9.14. The van der Waals surface area contributed by atoms with E-state index >= 15 is 0 Å². The molecule has 1 rings (SSSR count). The highest BCUT2D eigenvalue weighted by Crippen LogP contribution is 2.21. The van der Waals surface area contributed by atoms with Crippen LogP contribution in [0.25, 0.3) is 0 Å². The Hall–Kier alpha value is -0.960. The predicted octanol–water partition coefficient (Wildman–Crippen LogP) is 1.68. The van der Waals surface area contributed by atoms with Crippen LogP contribution in [0.3, 0.4) is 0 Å². The van der Waals surface area contributed by atoms with Crippen LogP contribution in [0.4, 0.5) is 0 Å². The fourth-order valence-electron chi connectivity index (χ4n) is 1.08. The van der Waals surface area contributed by atoms with E-state index in [2.05, 4.69) is 18.8 Å². The average molecular weight is 168 g/mol. The molecule has 1 atom stereocenters. The Labute approximate surface area is 72.9 Å². The van der Waals surface area contributed by atoms with Crippen molar-refractivity contribution >= 4 is 0 Å². The van der Waals surface area contributed by atoms with Gasteiger partial charge in [0, 0.05) is 18.3 Å². The van der Waals surface area contributed by atoms with Gasteiger partial charge < -0.3 is 15.5 Å². The molecule has 3 heteroatoms. The molecular formula is C9H16N2O. The van der Waals surface area contributed by atoms with E-state index in [1.165, 1.54) is 0 Å². The monoisotopic (exact) mass is 168 g/mol. The van der Waals surface area contributed by atoms with Crippen LogP contribution in [-0.4, -0.2) is 12.1 Å². The molecule has 0 bridgehead atoms. The Morgan fingerprint density at radius 3 is 2.58 bits per heavy atom. The quantitative estimate of drug-likeness (QED) is 0.721. The summed E-state index contributed by atoms with van der Waals surface area (Å²) in [5, 5.41) is 0. The first-order valence-electron chi connectivity index (χ1n) is 4.13. The summed E-state index contributed by atoms with van der Waals surface area (Å²) in [6.07, 6.45) is 1.89. The van der Waals surface area contributed by atoms with E-state index < -0.39 is 0 Å². The molecule has 0 amide bonds. The van der Waals surface area contributed by atoms with Gasteiger partial charge in [-0.05, 0) is 11.5 Å². The van der Waals surface area contributed by atoms with Crippen molar-refractivity contribution in [3.8, 4) is 5.88 Å². The molecule has 3 nitrogen and oxygen atoms in total. The molecule has 12 heavy (non-hydrogen) atoms. The van der Waals surface area contributed by atoms with E-state index in [-0.39, 0.29) is 6.04 Å². The SMILES string of the molecule is COc1cc(C(N)C(C)C)c[nH]1. The summed E-state index contributed by atoms with van der Waals surface area (Å²) in [7, 11) is 1.64. The van der Waals surface area contributed by atoms with Crippen molar-refractivity contribution in [2.45, 2.75) is 19.9 Å². The molecule has 1 aromatic rings. The lowest BCUT2D eigenvalue weighted by Gasteiger charge is -2.12. The van der Waals surface area contributed by atoms with Crippen molar-refractivity contribution in [1.29, 1.82) is 0 Å². The second-order valence-electron chi connectivity index (χ2n) is 3.27. The number of methoxy groups -OCH3 is 1. The Balaban J connectivity index is 2.74. The molecule has 1 heterocycles. The molecule has 3 N–H and O–H groups in total. The minimum Gasteiger partial charge on any atom is -0.482 e. The lowest BCUT2D eigenvalue weighted by atomic mass is 10.00. The molecule has 68 valence electrons. The van der Waals surface area contributed by atoms with E-state index in [0.717, 1.165) is 11.4 Å². The maximum absolute atomic E-state index is 5.93. The fraction of sp³-hybridized carbons (Fsp3) is 0.556. The average Bonchev–Trinajstić information content (AvgIpc) is 2.50. The maximum atomic E-state index is 5.93. The summed E-state index contributed by atoms with van der Waals surface area (Å²) >= 11 is 0. The Morgan fingerprint density at radius 2 is 2.17 bits per heavy atom. The molecule has 0 fully saturated rings. The van der Waals surface area contributed by atoms with Crippen molar-refractivity contribution in [3.63, 3.8) is 0 Å². The minimum atomic E-state index is 0.0881. The highest BCUT2D eigenvalue weighted by Gasteiger charge is 2.11. The topological polar surface area (TPSA) is 51.0 Å². The zero-order valence-electron chi connectivity index (χ0n) is 7.79. The van der Waals surface area contributed by atoms with Gasteiger partial charge in [0.25, 0.3) is 0 Å². The normalized spacial score (nSPS) is 13.4. The summed E-state index contributed by atoms with van der Waals surface area (Å²) in [5.41, 5.74) is 7.03. The fourth-order valence-corrected chi connectivity index (χ4v) is 1.08. The smallest absolute Gasteiger partial charge is 0.190 e. The van der Waals surface area contributed by atoms with Gasteiger partial charge in [-0.25, -0.2) is 0 Å². The molecule has 1 unspecified atom stereocenters. The van der Waals surface area contributed by atoms with E-state index in [4.69, 9.17) is 10.5 Å². The molecule has 0 saturated heterocycles. The van der Waals surface area contributed by atoms with Gasteiger partial charge in [-0.2, -0.15) is 0 Å². The summed E-state index contributed by atoms with van der Waals surface area (Å²) < 4.78 is 5.01. The van der Waals surface area contributed by atoms with Crippen LogP contribution in [0.15, 0.2) is 12.3 Å². The van der Waals surface area contributed by atoms with Crippen molar-refractivity contribution in [2.75, 3.05) is 7.11 Å². The first-order chi connectivity index (χ1) is 5.65. The molecular weight excluding hydrogens is 152 g/mol. The van der Waals surface area contributed by atoms with E-state index in [1.54, 1.807) is 7.11 Å².